The summed E-state index contributed by atoms with van der Waals surface area (Å²) >= 11 is 1.70. The van der Waals surface area contributed by atoms with Crippen molar-refractivity contribution in [2.24, 2.45) is 5.92 Å². The summed E-state index contributed by atoms with van der Waals surface area (Å²) in [6, 6.07) is 4.08. The molecule has 0 bridgehead atoms. The minimum absolute atomic E-state index is 0.0314. The number of nitrogens with one attached hydrogen (secondary N) is 1. The number of carbonyl (C=O) groups is 1. The summed E-state index contributed by atoms with van der Waals surface area (Å²) in [6.07, 6.45) is 8.92. The van der Waals surface area contributed by atoms with Crippen LogP contribution in [0, 0.1) is 5.92 Å². The second kappa shape index (κ2) is 10.0. The van der Waals surface area contributed by atoms with Crippen molar-refractivity contribution in [1.82, 2.24) is 29.4 Å². The highest BCUT2D eigenvalue weighted by Gasteiger charge is 2.30. The molecule has 10 heteroatoms. The third-order valence-electron chi connectivity index (χ3n) is 6.92. The molecule has 0 aliphatic heterocycles. The molecule has 1 atom stereocenters. The second-order valence-electron chi connectivity index (χ2n) is 10.1. The van der Waals surface area contributed by atoms with Crippen LogP contribution < -0.4 is 10.2 Å². The van der Waals surface area contributed by atoms with E-state index in [9.17, 15) is 4.79 Å². The van der Waals surface area contributed by atoms with Gasteiger partial charge in [0.05, 0.1) is 28.5 Å². The molecule has 1 aliphatic carbocycles. The fraction of sp³-hybridized carbons (Fsp3) is 0.462. The zero-order valence-corrected chi connectivity index (χ0v) is 22.5. The van der Waals surface area contributed by atoms with Crippen molar-refractivity contribution in [1.29, 1.82) is 0 Å². The Balaban J connectivity index is 1.40. The van der Waals surface area contributed by atoms with E-state index in [1.54, 1.807) is 23.9 Å². The number of aryl methyl sites for hydroxylation is 1. The van der Waals surface area contributed by atoms with Gasteiger partial charge in [-0.15, -0.1) is 11.3 Å². The average molecular weight is 507 g/mol. The van der Waals surface area contributed by atoms with Crippen LogP contribution in [-0.4, -0.2) is 83.6 Å². The van der Waals surface area contributed by atoms with E-state index in [4.69, 9.17) is 0 Å². The Kier molecular flexibility index (Phi) is 6.81. The maximum atomic E-state index is 13.2. The van der Waals surface area contributed by atoms with Crippen molar-refractivity contribution in [2.75, 3.05) is 58.5 Å². The lowest BCUT2D eigenvalue weighted by Gasteiger charge is -2.27. The molecular formula is C26H34N8OS. The minimum atomic E-state index is 0.0314. The van der Waals surface area contributed by atoms with Gasteiger partial charge in [0.15, 0.2) is 0 Å². The van der Waals surface area contributed by atoms with Gasteiger partial charge in [0.1, 0.15) is 17.0 Å². The Bertz CT molecular complexity index is 1390. The van der Waals surface area contributed by atoms with E-state index in [2.05, 4.69) is 50.3 Å². The van der Waals surface area contributed by atoms with Crippen molar-refractivity contribution < 1.29 is 4.79 Å². The van der Waals surface area contributed by atoms with E-state index in [1.807, 2.05) is 42.8 Å². The molecule has 5 rings (SSSR count). The largest absolute Gasteiger partial charge is 0.375 e. The summed E-state index contributed by atoms with van der Waals surface area (Å²) < 4.78 is 1.87. The Morgan fingerprint density at radius 3 is 2.81 bits per heavy atom. The van der Waals surface area contributed by atoms with Crippen LogP contribution in [0.4, 0.5) is 17.2 Å². The molecule has 0 fully saturated rings. The summed E-state index contributed by atoms with van der Waals surface area (Å²) in [5.41, 5.74) is 4.28. The maximum absolute atomic E-state index is 13.2. The van der Waals surface area contributed by atoms with Gasteiger partial charge in [-0.2, -0.15) is 5.10 Å². The SMILES string of the molecule is CN(C)CCCN(C)C(=O)[C@H]1CCc2c(sc3ncnc(Nc4cc5ccnn5cc4N(C)C)c23)C1. The smallest absolute Gasteiger partial charge is 0.225 e. The number of aromatic nitrogens is 4. The van der Waals surface area contributed by atoms with Gasteiger partial charge < -0.3 is 20.0 Å². The molecule has 1 amide bonds. The third-order valence-corrected chi connectivity index (χ3v) is 8.08. The van der Waals surface area contributed by atoms with Gasteiger partial charge in [0.2, 0.25) is 5.91 Å². The normalized spacial score (nSPS) is 15.4. The standard InChI is InChI=1S/C26H34N8OS/c1-31(2)11-6-12-33(5)26(35)17-7-8-19-22(13-17)36-25-23(19)24(27-16-28-25)30-20-14-18-9-10-29-34(18)15-21(20)32(3)4/h9-10,14-17H,6-8,11-13H2,1-5H3,(H,27,28,30)/t17-/m0/s1. The topological polar surface area (TPSA) is 81.9 Å². The number of pyridine rings is 1. The van der Waals surface area contributed by atoms with Crippen molar-refractivity contribution >= 4 is 50.2 Å². The van der Waals surface area contributed by atoms with E-state index < -0.39 is 0 Å². The van der Waals surface area contributed by atoms with Gasteiger partial charge in [-0.05, 0) is 64.0 Å². The lowest BCUT2D eigenvalue weighted by Crippen LogP contribution is -2.36. The van der Waals surface area contributed by atoms with Crippen LogP contribution in [0.1, 0.15) is 23.3 Å². The molecule has 4 aromatic heterocycles. The molecule has 4 heterocycles. The first-order chi connectivity index (χ1) is 17.3. The molecule has 0 radical (unpaired) electrons. The fourth-order valence-corrected chi connectivity index (χ4v) is 6.27. The van der Waals surface area contributed by atoms with Gasteiger partial charge in [0.25, 0.3) is 0 Å². The van der Waals surface area contributed by atoms with Gasteiger partial charge in [-0.1, -0.05) is 0 Å². The number of thiophene rings is 1. The van der Waals surface area contributed by atoms with E-state index in [0.29, 0.717) is 0 Å². The lowest BCUT2D eigenvalue weighted by molar-refractivity contribution is -0.134. The quantitative estimate of drug-likeness (QED) is 0.391. The third kappa shape index (κ3) is 4.75. The molecule has 1 aliphatic rings. The monoisotopic (exact) mass is 506 g/mol. The Labute approximate surface area is 215 Å². The van der Waals surface area contributed by atoms with Gasteiger partial charge in [-0.3, -0.25) is 4.79 Å². The molecule has 0 spiro atoms. The van der Waals surface area contributed by atoms with Gasteiger partial charge in [0, 0.05) is 44.7 Å². The number of carbonyl (C=O) groups excluding carboxylic acids is 1. The number of rotatable bonds is 8. The van der Waals surface area contributed by atoms with Crippen LogP contribution in [-0.2, 0) is 17.6 Å². The number of amides is 1. The van der Waals surface area contributed by atoms with Crippen molar-refractivity contribution in [2.45, 2.75) is 25.7 Å². The Morgan fingerprint density at radius 1 is 1.19 bits per heavy atom. The predicted molar refractivity (Wildman–Crippen MR) is 147 cm³/mol. The number of fused-ring (bicyclic) bond motifs is 4. The zero-order valence-electron chi connectivity index (χ0n) is 21.7. The molecule has 9 nitrogen and oxygen atoms in total. The number of anilines is 3. The summed E-state index contributed by atoms with van der Waals surface area (Å²) in [6.45, 7) is 1.78. The second-order valence-corrected chi connectivity index (χ2v) is 11.1. The number of hydrogen-bond acceptors (Lipinski definition) is 8. The Morgan fingerprint density at radius 2 is 2.03 bits per heavy atom. The first-order valence-electron chi connectivity index (χ1n) is 12.4. The van der Waals surface area contributed by atoms with Crippen LogP contribution in [0.3, 0.4) is 0 Å². The zero-order chi connectivity index (χ0) is 25.4. The van der Waals surface area contributed by atoms with Crippen LogP contribution >= 0.6 is 11.3 Å². The van der Waals surface area contributed by atoms with E-state index in [-0.39, 0.29) is 11.8 Å². The maximum Gasteiger partial charge on any atom is 0.225 e. The van der Waals surface area contributed by atoms with E-state index in [1.165, 1.54) is 10.4 Å². The first kappa shape index (κ1) is 24.5. The lowest BCUT2D eigenvalue weighted by atomic mass is 9.87. The Hall–Kier alpha value is -3.24. The molecule has 0 saturated carbocycles. The average Bonchev–Trinajstić information content (AvgIpc) is 3.46. The van der Waals surface area contributed by atoms with Crippen LogP contribution in [0.5, 0.6) is 0 Å². The van der Waals surface area contributed by atoms with Gasteiger partial charge >= 0.3 is 0 Å². The van der Waals surface area contributed by atoms with Gasteiger partial charge in [-0.25, -0.2) is 14.5 Å². The molecule has 0 aromatic carbocycles. The summed E-state index contributed by atoms with van der Waals surface area (Å²) in [5.74, 6) is 1.10. The van der Waals surface area contributed by atoms with Crippen molar-refractivity contribution in [3.8, 4) is 0 Å². The van der Waals surface area contributed by atoms with Crippen molar-refractivity contribution in [3.05, 3.63) is 41.3 Å². The number of nitrogens with zero attached hydrogens (tertiary/aromatic N) is 7. The van der Waals surface area contributed by atoms with Crippen LogP contribution in [0.25, 0.3) is 15.7 Å². The molecular weight excluding hydrogens is 472 g/mol. The molecule has 0 unspecified atom stereocenters. The highest BCUT2D eigenvalue weighted by atomic mass is 32.1. The molecule has 0 saturated heterocycles. The highest BCUT2D eigenvalue weighted by molar-refractivity contribution is 7.19. The number of hydrogen-bond donors (Lipinski definition) is 1. The summed E-state index contributed by atoms with van der Waals surface area (Å²) in [7, 11) is 10.1. The molecule has 1 N–H and O–H groups in total. The van der Waals surface area contributed by atoms with E-state index in [0.717, 1.165) is 71.7 Å². The molecule has 4 aromatic rings. The molecule has 190 valence electrons. The predicted octanol–water partition coefficient (Wildman–Crippen LogP) is 3.66. The summed E-state index contributed by atoms with van der Waals surface area (Å²) in [5, 5.41) is 9.05. The van der Waals surface area contributed by atoms with Crippen LogP contribution in [0.15, 0.2) is 30.9 Å². The molecule has 36 heavy (non-hydrogen) atoms. The highest BCUT2D eigenvalue weighted by Crippen LogP contribution is 2.41. The van der Waals surface area contributed by atoms with E-state index >= 15 is 0 Å². The minimum Gasteiger partial charge on any atom is -0.375 e. The fourth-order valence-electron chi connectivity index (χ4n) is 5.00. The first-order valence-corrected chi connectivity index (χ1v) is 13.2. The van der Waals surface area contributed by atoms with Crippen molar-refractivity contribution in [3.63, 3.8) is 0 Å². The van der Waals surface area contributed by atoms with Crippen LogP contribution in [0.2, 0.25) is 0 Å². The summed E-state index contributed by atoms with van der Waals surface area (Å²) in [4.78, 5) is 30.8.